The third-order valence-electron chi connectivity index (χ3n) is 4.85. The van der Waals surface area contributed by atoms with Gasteiger partial charge in [0.15, 0.2) is 5.78 Å². The normalized spacial score (nSPS) is 10.6. The van der Waals surface area contributed by atoms with Gasteiger partial charge in [0.05, 0.1) is 5.69 Å². The summed E-state index contributed by atoms with van der Waals surface area (Å²) in [7, 11) is 0. The summed E-state index contributed by atoms with van der Waals surface area (Å²) in [6.45, 7) is 4.56. The number of benzene rings is 2. The lowest BCUT2D eigenvalue weighted by Crippen LogP contribution is -2.26. The summed E-state index contributed by atoms with van der Waals surface area (Å²) in [4.78, 5) is 24.3. The molecule has 0 atom stereocenters. The van der Waals surface area contributed by atoms with Crippen molar-refractivity contribution in [1.82, 2.24) is 15.1 Å². The first-order chi connectivity index (χ1) is 13.5. The Balaban J connectivity index is 1.40. The highest BCUT2D eigenvalue weighted by atomic mass is 16.2. The van der Waals surface area contributed by atoms with Gasteiger partial charge >= 0.3 is 0 Å². The maximum Gasteiger partial charge on any atom is 0.220 e. The van der Waals surface area contributed by atoms with Crippen molar-refractivity contribution in [3.8, 4) is 5.69 Å². The number of nitrogens with zero attached hydrogens (tertiary/aromatic N) is 2. The Morgan fingerprint density at radius 2 is 1.79 bits per heavy atom. The smallest absolute Gasteiger partial charge is 0.220 e. The van der Waals surface area contributed by atoms with E-state index in [1.54, 1.807) is 10.9 Å². The summed E-state index contributed by atoms with van der Waals surface area (Å²) >= 11 is 0. The molecule has 0 unspecified atom stereocenters. The zero-order chi connectivity index (χ0) is 19.9. The van der Waals surface area contributed by atoms with Crippen molar-refractivity contribution in [2.24, 2.45) is 0 Å². The molecule has 0 aliphatic rings. The molecule has 5 heteroatoms. The number of ketones is 1. The summed E-state index contributed by atoms with van der Waals surface area (Å²) in [6.07, 6.45) is 4.83. The molecule has 1 N–H and O–H groups in total. The second-order valence-corrected chi connectivity index (χ2v) is 6.94. The van der Waals surface area contributed by atoms with Crippen LogP contribution in [0.1, 0.15) is 39.9 Å². The number of nitrogens with one attached hydrogen (secondary N) is 1. The van der Waals surface area contributed by atoms with Crippen molar-refractivity contribution in [3.05, 3.63) is 83.2 Å². The SMILES string of the molecule is Cc1ccc(C(=O)CCC(=O)NCCc2ccc(-n3cccn3)cc2)cc1C. The molecule has 1 heterocycles. The zero-order valence-corrected chi connectivity index (χ0v) is 16.3. The van der Waals surface area contributed by atoms with Crippen LogP contribution in [0.2, 0.25) is 0 Å². The van der Waals surface area contributed by atoms with E-state index in [9.17, 15) is 9.59 Å². The Kier molecular flexibility index (Phi) is 6.37. The van der Waals surface area contributed by atoms with Crippen molar-refractivity contribution in [3.63, 3.8) is 0 Å². The average molecular weight is 375 g/mol. The monoisotopic (exact) mass is 375 g/mol. The molecular formula is C23H25N3O2. The molecule has 0 radical (unpaired) electrons. The molecule has 2 aromatic carbocycles. The topological polar surface area (TPSA) is 64.0 Å². The minimum Gasteiger partial charge on any atom is -0.356 e. The quantitative estimate of drug-likeness (QED) is 0.609. The van der Waals surface area contributed by atoms with Crippen LogP contribution in [0.3, 0.4) is 0 Å². The second kappa shape index (κ2) is 9.13. The number of hydrogen-bond donors (Lipinski definition) is 1. The van der Waals surface area contributed by atoms with Crippen molar-refractivity contribution >= 4 is 11.7 Å². The fraction of sp³-hybridized carbons (Fsp3) is 0.261. The minimum absolute atomic E-state index is 0.00691. The van der Waals surface area contributed by atoms with Crippen LogP contribution in [0.25, 0.3) is 5.69 Å². The molecule has 5 nitrogen and oxygen atoms in total. The molecule has 1 aromatic heterocycles. The van der Waals surface area contributed by atoms with Crippen molar-refractivity contribution < 1.29 is 9.59 Å². The van der Waals surface area contributed by atoms with Crippen molar-refractivity contribution in [2.75, 3.05) is 6.54 Å². The molecule has 0 saturated carbocycles. The van der Waals surface area contributed by atoms with E-state index in [-0.39, 0.29) is 24.5 Å². The van der Waals surface area contributed by atoms with E-state index in [0.717, 1.165) is 28.8 Å². The number of aryl methyl sites for hydroxylation is 2. The number of hydrogen-bond acceptors (Lipinski definition) is 3. The maximum atomic E-state index is 12.3. The van der Waals surface area contributed by atoms with E-state index in [2.05, 4.69) is 10.4 Å². The molecule has 0 aliphatic heterocycles. The first kappa shape index (κ1) is 19.5. The fourth-order valence-electron chi connectivity index (χ4n) is 2.96. The van der Waals surface area contributed by atoms with Gasteiger partial charge in [-0.2, -0.15) is 5.10 Å². The lowest BCUT2D eigenvalue weighted by molar-refractivity contribution is -0.121. The highest BCUT2D eigenvalue weighted by Gasteiger charge is 2.10. The van der Waals surface area contributed by atoms with E-state index < -0.39 is 0 Å². The predicted octanol–water partition coefficient (Wildman–Crippen LogP) is 3.81. The number of aromatic nitrogens is 2. The Hall–Kier alpha value is -3.21. The van der Waals surface area contributed by atoms with Gasteiger partial charge in [-0.3, -0.25) is 9.59 Å². The number of carbonyl (C=O) groups excluding carboxylic acids is 2. The highest BCUT2D eigenvalue weighted by molar-refractivity contribution is 5.98. The summed E-state index contributed by atoms with van der Waals surface area (Å²) in [5.41, 5.74) is 5.07. The van der Waals surface area contributed by atoms with Crippen LogP contribution in [0.4, 0.5) is 0 Å². The van der Waals surface area contributed by atoms with Crippen LogP contribution in [0, 0.1) is 13.8 Å². The fourth-order valence-corrected chi connectivity index (χ4v) is 2.96. The molecule has 144 valence electrons. The summed E-state index contributed by atoms with van der Waals surface area (Å²) in [6, 6.07) is 15.6. The Labute approximate surface area is 165 Å². The second-order valence-electron chi connectivity index (χ2n) is 6.94. The van der Waals surface area contributed by atoms with Gasteiger partial charge in [-0.1, -0.05) is 24.3 Å². The van der Waals surface area contributed by atoms with E-state index >= 15 is 0 Å². The lowest BCUT2D eigenvalue weighted by atomic mass is 10.0. The molecule has 0 saturated heterocycles. The first-order valence-electron chi connectivity index (χ1n) is 9.49. The lowest BCUT2D eigenvalue weighted by Gasteiger charge is -2.07. The van der Waals surface area contributed by atoms with Crippen LogP contribution in [-0.2, 0) is 11.2 Å². The van der Waals surface area contributed by atoms with Gasteiger partial charge < -0.3 is 5.32 Å². The average Bonchev–Trinajstić information content (AvgIpc) is 3.23. The zero-order valence-electron chi connectivity index (χ0n) is 16.3. The van der Waals surface area contributed by atoms with Gasteiger partial charge in [0.1, 0.15) is 0 Å². The third-order valence-corrected chi connectivity index (χ3v) is 4.85. The van der Waals surface area contributed by atoms with Crippen LogP contribution >= 0.6 is 0 Å². The van der Waals surface area contributed by atoms with Gasteiger partial charge in [0, 0.05) is 37.3 Å². The Morgan fingerprint density at radius 3 is 2.46 bits per heavy atom. The van der Waals surface area contributed by atoms with Gasteiger partial charge in [-0.05, 0) is 61.2 Å². The Morgan fingerprint density at radius 1 is 1.00 bits per heavy atom. The molecule has 28 heavy (non-hydrogen) atoms. The molecule has 0 spiro atoms. The first-order valence-corrected chi connectivity index (χ1v) is 9.49. The predicted molar refractivity (Wildman–Crippen MR) is 110 cm³/mol. The van der Waals surface area contributed by atoms with E-state index in [0.29, 0.717) is 12.1 Å². The van der Waals surface area contributed by atoms with Crippen LogP contribution < -0.4 is 5.32 Å². The third kappa shape index (κ3) is 5.16. The van der Waals surface area contributed by atoms with Crippen LogP contribution in [0.15, 0.2) is 60.9 Å². The number of Topliss-reactive ketones (excluding diaryl/α,β-unsaturated/α-hetero) is 1. The summed E-state index contributed by atoms with van der Waals surface area (Å²) in [5.74, 6) is -0.0854. The van der Waals surface area contributed by atoms with E-state index in [4.69, 9.17) is 0 Å². The van der Waals surface area contributed by atoms with Crippen LogP contribution in [0.5, 0.6) is 0 Å². The number of amides is 1. The number of rotatable bonds is 8. The van der Waals surface area contributed by atoms with Gasteiger partial charge in [0.25, 0.3) is 0 Å². The summed E-state index contributed by atoms with van der Waals surface area (Å²) in [5, 5.41) is 7.09. The molecule has 3 aromatic rings. The van der Waals surface area contributed by atoms with Gasteiger partial charge in [-0.25, -0.2) is 4.68 Å². The number of carbonyl (C=O) groups is 2. The van der Waals surface area contributed by atoms with E-state index in [1.807, 2.05) is 68.6 Å². The Bertz CT molecular complexity index is 944. The maximum absolute atomic E-state index is 12.3. The molecule has 3 rings (SSSR count). The molecular weight excluding hydrogens is 350 g/mol. The van der Waals surface area contributed by atoms with E-state index in [1.165, 1.54) is 0 Å². The highest BCUT2D eigenvalue weighted by Crippen LogP contribution is 2.12. The molecule has 0 fully saturated rings. The largest absolute Gasteiger partial charge is 0.356 e. The molecule has 0 aliphatic carbocycles. The molecule has 1 amide bonds. The van der Waals surface area contributed by atoms with Crippen molar-refractivity contribution in [1.29, 1.82) is 0 Å². The van der Waals surface area contributed by atoms with Gasteiger partial charge in [0.2, 0.25) is 5.91 Å². The standard InChI is InChI=1S/C23H25N3O2/c1-17-4-7-20(16-18(17)2)22(27)10-11-23(28)24-14-12-19-5-8-21(9-6-19)26-15-3-13-25-26/h3-9,13,15-16H,10-12,14H2,1-2H3,(H,24,28). The van der Waals surface area contributed by atoms with Gasteiger partial charge in [-0.15, -0.1) is 0 Å². The van der Waals surface area contributed by atoms with Crippen molar-refractivity contribution in [2.45, 2.75) is 33.1 Å². The van der Waals surface area contributed by atoms with Crippen LogP contribution in [-0.4, -0.2) is 28.0 Å². The summed E-state index contributed by atoms with van der Waals surface area (Å²) < 4.78 is 1.80. The molecule has 0 bridgehead atoms. The minimum atomic E-state index is -0.0923.